The standard InChI is InChI=1S/C10H15F2NO3.C10H16FNO3.4C10H17NO4.4C9H15NO3/c1-9(2,3)8(16)13-5-10(11,12)4-6(13)7(14)15;1-10(2,3)9(15)12-5-6(11)4-7(12)8(13)14;4*1-10(2,3)9(15)11-5-6(12)4-7(11)8(13)14;4*1-6(2)8(11)10-5-3-4-7(10)9(12)13/h6H,4-5H2,1-3H3,(H,14,15);6-7H,4-5H2,1-3H3,(H,13,14);4*6-7,12H,4-5H2,1-3H3,(H,13,14);4*6-7H,3-5H2,1-2H3,(H,12,13)/t6-;6-,7+;4*6-,7-;2*7-;;/m01110000../s1. The number of carbonyl (C=O) groups is 20. The first-order valence-electron chi connectivity index (χ1n) is 48.0. The Balaban J connectivity index is 0.000000795. The summed E-state index contributed by atoms with van der Waals surface area (Å²) in [5.74, 6) is -15.8. The first kappa shape index (κ1) is 130. The number of amides is 10. The molecule has 818 valence electrons. The number of aliphatic hydroxyl groups is 4. The van der Waals surface area contributed by atoms with Gasteiger partial charge in [-0.2, -0.15) is 0 Å². The SMILES string of the molecule is CC(C)(C)C(=O)N1CC(F)(F)C[C@H]1C(=O)O.CC(C)(C)C(=O)N1C[C@@H](O)C[C@H]1C(=O)O.CC(C)(C)C(=O)N1C[C@@H](O)C[C@H]1C(=O)O.CC(C)(C)C(=O)N1C[C@H](F)C[C@H]1C(=O)O.CC(C)(C)C(=O)N1C[C@H](O)C[C@@H]1C(=O)O.CC(C)(C)C(=O)N1C[C@H](O)C[C@@H]1C(=O)O.CC(C)C(=O)N1CCCC1C(=O)O.CC(C)C(=O)N1CCCC1C(=O)O.CC(C)C(=O)N1CCC[C@H]1C(=O)O.CC(C)C(=O)N1CCC[C@H]1C(=O)O. The minimum Gasteiger partial charge on any atom is -0.480 e. The summed E-state index contributed by atoms with van der Waals surface area (Å²) in [5, 5.41) is 126. The summed E-state index contributed by atoms with van der Waals surface area (Å²) < 4.78 is 39.3. The maximum atomic E-state index is 13.1. The number of aliphatic carboxylic acids is 10. The Hall–Kier alpha value is -11.0. The highest BCUT2D eigenvalue weighted by molar-refractivity contribution is 5.93. The molecule has 0 aromatic heterocycles. The van der Waals surface area contributed by atoms with Gasteiger partial charge >= 0.3 is 59.7 Å². The Morgan fingerprint density at radius 1 is 0.245 bits per heavy atom. The Kier molecular flexibility index (Phi) is 49.4. The van der Waals surface area contributed by atoms with Crippen LogP contribution in [0.3, 0.4) is 0 Å². The van der Waals surface area contributed by atoms with Crippen molar-refractivity contribution in [3.05, 3.63) is 0 Å². The summed E-state index contributed by atoms with van der Waals surface area (Å²) in [6.45, 7) is 46.9. The minimum absolute atomic E-state index is 0.0510. The van der Waals surface area contributed by atoms with Crippen LogP contribution in [0.1, 0.15) is 270 Å². The Labute approximate surface area is 833 Å². The third kappa shape index (κ3) is 39.5. The van der Waals surface area contributed by atoms with Crippen molar-refractivity contribution < 1.29 is 181 Å². The molecular formula is C96H159F3N10O34. The summed E-state index contributed by atoms with van der Waals surface area (Å²) >= 11 is 0. The quantitative estimate of drug-likeness (QED) is 0.101. The van der Waals surface area contributed by atoms with Crippen molar-refractivity contribution in [2.45, 2.75) is 367 Å². The zero-order valence-corrected chi connectivity index (χ0v) is 87.5. The number of alkyl halides is 3. The van der Waals surface area contributed by atoms with Crippen molar-refractivity contribution in [3.63, 3.8) is 0 Å². The van der Waals surface area contributed by atoms with E-state index in [0.717, 1.165) is 35.5 Å². The lowest BCUT2D eigenvalue weighted by atomic mass is 9.94. The molecule has 0 spiro atoms. The van der Waals surface area contributed by atoms with Crippen LogP contribution in [0.5, 0.6) is 0 Å². The monoisotopic (exact) mass is 2050 g/mol. The van der Waals surface area contributed by atoms with Gasteiger partial charge in [-0.25, -0.2) is 61.1 Å². The van der Waals surface area contributed by atoms with Gasteiger partial charge in [-0.1, -0.05) is 180 Å². The number of likely N-dealkylation sites (tertiary alicyclic amines) is 10. The fraction of sp³-hybridized carbons (Fsp3) is 0.792. The number of hydrogen-bond donors (Lipinski definition) is 14. The van der Waals surface area contributed by atoms with E-state index >= 15 is 0 Å². The Bertz CT molecular complexity index is 3920. The fourth-order valence-corrected chi connectivity index (χ4v) is 16.6. The summed E-state index contributed by atoms with van der Waals surface area (Å²) in [6, 6.07) is -8.31. The second kappa shape index (κ2) is 54.3. The van der Waals surface area contributed by atoms with Crippen molar-refractivity contribution in [1.29, 1.82) is 0 Å². The maximum Gasteiger partial charge on any atom is 0.326 e. The third-order valence-corrected chi connectivity index (χ3v) is 24.0. The lowest BCUT2D eigenvalue weighted by molar-refractivity contribution is -0.151. The Morgan fingerprint density at radius 2 is 0.406 bits per heavy atom. The average Bonchev–Trinajstić information content (AvgIpc) is 1.65. The molecule has 0 aromatic rings. The smallest absolute Gasteiger partial charge is 0.326 e. The van der Waals surface area contributed by atoms with E-state index in [4.69, 9.17) is 51.1 Å². The van der Waals surface area contributed by atoms with Gasteiger partial charge in [0, 0.05) is 147 Å². The van der Waals surface area contributed by atoms with Crippen molar-refractivity contribution in [2.75, 3.05) is 65.4 Å². The van der Waals surface area contributed by atoms with Gasteiger partial charge in [0.2, 0.25) is 59.1 Å². The maximum absolute atomic E-state index is 13.1. The molecule has 10 saturated heterocycles. The molecular weight excluding hydrogens is 1890 g/mol. The van der Waals surface area contributed by atoms with Gasteiger partial charge in [-0.3, -0.25) is 47.9 Å². The highest BCUT2D eigenvalue weighted by Gasteiger charge is 2.53. The van der Waals surface area contributed by atoms with Gasteiger partial charge in [0.15, 0.2) is 0 Å². The molecule has 10 amide bonds. The predicted octanol–water partition coefficient (Wildman–Crippen LogP) is 5.60. The fourth-order valence-electron chi connectivity index (χ4n) is 16.6. The molecule has 47 heteroatoms. The number of carboxylic acids is 10. The average molecular weight is 2050 g/mol. The zero-order valence-electron chi connectivity index (χ0n) is 87.5. The number of rotatable bonds is 14. The molecule has 2 unspecified atom stereocenters. The molecule has 0 radical (unpaired) electrons. The molecule has 10 rings (SSSR count). The molecule has 15 atom stereocenters. The van der Waals surface area contributed by atoms with Crippen LogP contribution in [-0.4, -0.2) is 402 Å². The van der Waals surface area contributed by atoms with Crippen LogP contribution in [0.4, 0.5) is 13.2 Å². The van der Waals surface area contributed by atoms with Crippen molar-refractivity contribution in [3.8, 4) is 0 Å². The second-order valence-electron chi connectivity index (χ2n) is 44.5. The molecule has 10 fully saturated rings. The largest absolute Gasteiger partial charge is 0.480 e. The molecule has 143 heavy (non-hydrogen) atoms. The van der Waals surface area contributed by atoms with E-state index in [1.807, 2.05) is 0 Å². The van der Waals surface area contributed by atoms with E-state index in [1.54, 1.807) is 180 Å². The lowest BCUT2D eigenvalue weighted by Gasteiger charge is -2.28. The van der Waals surface area contributed by atoms with Gasteiger partial charge in [-0.05, 0) is 51.4 Å². The van der Waals surface area contributed by atoms with Crippen LogP contribution in [0, 0.1) is 56.2 Å². The number of β-amino-alcohol motifs (C(OH)–C–C–N with tert-alkyl or cyclic N) is 4. The van der Waals surface area contributed by atoms with Crippen LogP contribution in [0.25, 0.3) is 0 Å². The van der Waals surface area contributed by atoms with Crippen LogP contribution in [0.15, 0.2) is 0 Å². The van der Waals surface area contributed by atoms with Gasteiger partial charge in [-0.15, -0.1) is 0 Å². The van der Waals surface area contributed by atoms with Crippen LogP contribution in [-0.2, 0) is 95.9 Å². The van der Waals surface area contributed by atoms with E-state index in [1.165, 1.54) is 39.2 Å². The van der Waals surface area contributed by atoms with Gasteiger partial charge in [0.05, 0.1) is 37.5 Å². The van der Waals surface area contributed by atoms with E-state index < -0.39 is 208 Å². The highest BCUT2D eigenvalue weighted by atomic mass is 19.3. The van der Waals surface area contributed by atoms with E-state index in [0.29, 0.717) is 51.9 Å². The van der Waals surface area contributed by atoms with E-state index in [2.05, 4.69) is 0 Å². The van der Waals surface area contributed by atoms with Crippen LogP contribution in [0.2, 0.25) is 0 Å². The minimum atomic E-state index is -3.11. The summed E-state index contributed by atoms with van der Waals surface area (Å²) in [7, 11) is 0. The second-order valence-corrected chi connectivity index (χ2v) is 44.5. The molecule has 0 saturated carbocycles. The van der Waals surface area contributed by atoms with Crippen molar-refractivity contribution >= 4 is 119 Å². The van der Waals surface area contributed by atoms with E-state index in [-0.39, 0.29) is 142 Å². The molecule has 10 heterocycles. The van der Waals surface area contributed by atoms with E-state index in [9.17, 15) is 129 Å². The van der Waals surface area contributed by atoms with Crippen molar-refractivity contribution in [1.82, 2.24) is 49.0 Å². The molecule has 44 nitrogen and oxygen atoms in total. The molecule has 10 aliphatic rings. The lowest BCUT2D eigenvalue weighted by Crippen LogP contribution is -2.46. The molecule has 14 N–H and O–H groups in total. The normalized spacial score (nSPS) is 24.9. The summed E-state index contributed by atoms with van der Waals surface area (Å²) in [4.78, 5) is 238. The number of nitrogens with zero attached hydrogens (tertiary/aromatic N) is 10. The number of aliphatic hydroxyl groups excluding tert-OH is 4. The van der Waals surface area contributed by atoms with Crippen molar-refractivity contribution in [2.24, 2.45) is 56.2 Å². The predicted molar refractivity (Wildman–Crippen MR) is 506 cm³/mol. The topological polar surface area (TPSA) is 657 Å². The Morgan fingerprint density at radius 3 is 0.566 bits per heavy atom. The number of hydrogen-bond acceptors (Lipinski definition) is 24. The summed E-state index contributed by atoms with van der Waals surface area (Å²) in [5.41, 5.74) is -3.98. The zero-order chi connectivity index (χ0) is 112. The molecule has 0 aromatic carbocycles. The molecule has 10 aliphatic heterocycles. The van der Waals surface area contributed by atoms with Gasteiger partial charge in [0.1, 0.15) is 66.6 Å². The molecule has 0 bridgehead atoms. The number of carbonyl (C=O) groups excluding carboxylic acids is 10. The first-order chi connectivity index (χ1) is 64.8. The number of halogens is 3. The van der Waals surface area contributed by atoms with Gasteiger partial charge in [0.25, 0.3) is 5.92 Å². The van der Waals surface area contributed by atoms with Crippen LogP contribution < -0.4 is 0 Å². The highest BCUT2D eigenvalue weighted by Crippen LogP contribution is 2.37. The van der Waals surface area contributed by atoms with Gasteiger partial charge < -0.3 is 120 Å². The van der Waals surface area contributed by atoms with Crippen LogP contribution >= 0.6 is 0 Å². The third-order valence-electron chi connectivity index (χ3n) is 24.0. The first-order valence-corrected chi connectivity index (χ1v) is 48.0. The number of carboxylic acid groups (broad SMARTS) is 10. The molecule has 0 aliphatic carbocycles. The summed E-state index contributed by atoms with van der Waals surface area (Å²) in [6.07, 6.45) is 1.03.